The van der Waals surface area contributed by atoms with Crippen LogP contribution in [0.4, 0.5) is 15.5 Å². The molecule has 0 radical (unpaired) electrons. The molecule has 2 fully saturated rings. The second-order valence-electron chi connectivity index (χ2n) is 11.9. The largest absolute Gasteiger partial charge is 0.396 e. The minimum atomic E-state index is -3.31. The van der Waals surface area contributed by atoms with Gasteiger partial charge in [-0.1, -0.05) is 35.0 Å². The lowest BCUT2D eigenvalue weighted by molar-refractivity contribution is -0.274. The molecule has 9 atom stereocenters. The Hall–Kier alpha value is -2.27. The van der Waals surface area contributed by atoms with E-state index in [4.69, 9.17) is 9.47 Å². The predicted molar refractivity (Wildman–Crippen MR) is 159 cm³/mol. The number of rotatable bonds is 7. The third-order valence-electron chi connectivity index (χ3n) is 8.75. The number of anilines is 2. The topological polar surface area (TPSA) is 169 Å². The molecule has 3 aliphatic rings. The molecule has 14 heteroatoms. The van der Waals surface area contributed by atoms with Crippen molar-refractivity contribution in [3.63, 3.8) is 0 Å². The summed E-state index contributed by atoms with van der Waals surface area (Å²) in [6.07, 6.45) is -9.14. The summed E-state index contributed by atoms with van der Waals surface area (Å²) in [6, 6.07) is 12.0. The van der Waals surface area contributed by atoms with Gasteiger partial charge in [0.05, 0.1) is 18.3 Å². The number of ether oxygens (including phenoxy) is 2. The molecule has 2 amide bonds. The van der Waals surface area contributed by atoms with Gasteiger partial charge < -0.3 is 49.3 Å². The van der Waals surface area contributed by atoms with Crippen molar-refractivity contribution in [2.24, 2.45) is 5.92 Å². The van der Waals surface area contributed by atoms with E-state index in [1.54, 1.807) is 42.3 Å². The van der Waals surface area contributed by atoms with Crippen LogP contribution in [0.2, 0.25) is 18.6 Å². The quantitative estimate of drug-likeness (QED) is 0.189. The molecule has 2 saturated heterocycles. The molecular formula is C29H36BrFN2O9Si. The smallest absolute Gasteiger partial charge is 0.264 e. The maximum absolute atomic E-state index is 15.7. The number of aliphatic hydroxyl groups excluding tert-OH is 5. The average molecular weight is 684 g/mol. The number of hydrogen-bond acceptors (Lipinski definition) is 9. The molecule has 2 aromatic rings. The Balaban J connectivity index is 1.38. The second kappa shape index (κ2) is 11.9. The van der Waals surface area contributed by atoms with Crippen LogP contribution in [0.25, 0.3) is 0 Å². The predicted octanol–water partition coefficient (Wildman–Crippen LogP) is 1.89. The normalized spacial score (nSPS) is 34.1. The molecule has 0 aliphatic carbocycles. The van der Waals surface area contributed by atoms with Crippen molar-refractivity contribution in [1.29, 1.82) is 0 Å². The molecule has 6 N–H and O–H groups in total. The minimum Gasteiger partial charge on any atom is -0.396 e. The Morgan fingerprint density at radius 3 is 2.40 bits per heavy atom. The highest BCUT2D eigenvalue weighted by Gasteiger charge is 2.66. The van der Waals surface area contributed by atoms with E-state index in [0.717, 1.165) is 10.0 Å². The fourth-order valence-corrected chi connectivity index (χ4v) is 9.64. The lowest BCUT2D eigenvalue weighted by atomic mass is 9.82. The number of amides is 2. The summed E-state index contributed by atoms with van der Waals surface area (Å²) in [7, 11) is -3.31. The van der Waals surface area contributed by atoms with Crippen molar-refractivity contribution >= 4 is 47.5 Å². The summed E-state index contributed by atoms with van der Waals surface area (Å²) >= 11 is 3.50. The zero-order valence-corrected chi connectivity index (χ0v) is 26.4. The maximum atomic E-state index is 15.7. The Kier molecular flexibility index (Phi) is 8.90. The Morgan fingerprint density at radius 2 is 1.77 bits per heavy atom. The third kappa shape index (κ3) is 5.57. The van der Waals surface area contributed by atoms with Crippen molar-refractivity contribution in [2.45, 2.75) is 80.9 Å². The molecule has 5 rings (SSSR count). The molecule has 2 aromatic carbocycles. The number of hydrogen-bond donors (Lipinski definition) is 6. The van der Waals surface area contributed by atoms with Crippen LogP contribution in [-0.2, 0) is 31.2 Å². The van der Waals surface area contributed by atoms with Crippen molar-refractivity contribution in [3.05, 3.63) is 58.1 Å². The number of fused-ring (bicyclic) bond motifs is 2. The summed E-state index contributed by atoms with van der Waals surface area (Å²) in [5.74, 6) is -1.62. The standard InChI is InChI=1S/C29H36BrFN2O9Si/c1-14-25(43(2,3)31)20(10-11-34)42-29(14)18-12-16(30)6-9-19(18)33(28(29)40)13-15-4-7-17(8-5-15)32-26(38)24-22(36)21(35)23(37)27(39)41-24/h4-9,12,14,20-25,27,34-37,39H,10-11,13H2,1-3H3,(H,32,38)/t14-,20+,21+,22+,23-,24+,25-,27-,29+/m1/s1. The second-order valence-corrected chi connectivity index (χ2v) is 16.7. The first-order valence-corrected chi connectivity index (χ1v) is 17.8. The molecule has 43 heavy (non-hydrogen) atoms. The minimum absolute atomic E-state index is 0.159. The molecule has 0 saturated carbocycles. The molecule has 0 bridgehead atoms. The molecule has 234 valence electrons. The zero-order valence-electron chi connectivity index (χ0n) is 23.9. The van der Waals surface area contributed by atoms with Gasteiger partial charge in [0, 0.05) is 33.8 Å². The first-order valence-electron chi connectivity index (χ1n) is 14.1. The number of nitrogens with one attached hydrogen (secondary N) is 1. The first kappa shape index (κ1) is 32.1. The molecule has 0 aromatic heterocycles. The van der Waals surface area contributed by atoms with Gasteiger partial charge in [-0.25, -0.2) is 0 Å². The Bertz CT molecular complexity index is 1380. The number of nitrogens with zero attached hydrogens (tertiary/aromatic N) is 1. The number of carbonyl (C=O) groups excluding carboxylic acids is 2. The average Bonchev–Trinajstić information content (AvgIpc) is 3.37. The van der Waals surface area contributed by atoms with Gasteiger partial charge in [-0.05, 0) is 55.4 Å². The summed E-state index contributed by atoms with van der Waals surface area (Å²) in [4.78, 5) is 28.6. The number of aliphatic hydroxyl groups is 5. The molecular weight excluding hydrogens is 647 g/mol. The highest BCUT2D eigenvalue weighted by atomic mass is 79.9. The highest BCUT2D eigenvalue weighted by molar-refractivity contribution is 9.10. The van der Waals surface area contributed by atoms with Gasteiger partial charge in [0.2, 0.25) is 8.41 Å². The number of halogens is 2. The van der Waals surface area contributed by atoms with Gasteiger partial charge in [0.1, 0.15) is 18.3 Å². The highest BCUT2D eigenvalue weighted by Crippen LogP contribution is 2.60. The zero-order chi connectivity index (χ0) is 31.4. The molecule has 3 heterocycles. The van der Waals surface area contributed by atoms with E-state index >= 15 is 4.11 Å². The van der Waals surface area contributed by atoms with E-state index in [9.17, 15) is 35.1 Å². The van der Waals surface area contributed by atoms with E-state index in [1.807, 2.05) is 25.1 Å². The van der Waals surface area contributed by atoms with Crippen LogP contribution in [0.15, 0.2) is 46.9 Å². The van der Waals surface area contributed by atoms with Gasteiger partial charge in [-0.15, -0.1) is 0 Å². The van der Waals surface area contributed by atoms with E-state index in [0.29, 0.717) is 16.9 Å². The van der Waals surface area contributed by atoms with Crippen molar-refractivity contribution in [1.82, 2.24) is 0 Å². The van der Waals surface area contributed by atoms with Gasteiger partial charge in [-0.2, -0.15) is 0 Å². The van der Waals surface area contributed by atoms with Crippen molar-refractivity contribution in [2.75, 3.05) is 16.8 Å². The van der Waals surface area contributed by atoms with Crippen LogP contribution < -0.4 is 10.2 Å². The van der Waals surface area contributed by atoms with Crippen LogP contribution in [0.3, 0.4) is 0 Å². The van der Waals surface area contributed by atoms with Crippen LogP contribution in [0.1, 0.15) is 24.5 Å². The number of benzene rings is 2. The SMILES string of the molecule is C[C@@H]1[C@@H]([Si](C)(C)F)[C@H](CCO)O[C@@]12C(=O)N(Cc1ccc(NC(=O)[C@H]3O[C@@H](O)[C@H](O)[C@@H](O)[C@@H]3O)cc1)c1ccc(Br)cc12. The van der Waals surface area contributed by atoms with Crippen LogP contribution in [0, 0.1) is 5.92 Å². The molecule has 11 nitrogen and oxygen atoms in total. The summed E-state index contributed by atoms with van der Waals surface area (Å²) in [5, 5.41) is 51.6. The number of carbonyl (C=O) groups is 2. The van der Waals surface area contributed by atoms with Crippen LogP contribution in [-0.4, -0.2) is 89.2 Å². The molecule has 3 aliphatic heterocycles. The summed E-state index contributed by atoms with van der Waals surface area (Å²) < 4.78 is 27.9. The van der Waals surface area contributed by atoms with Gasteiger partial charge >= 0.3 is 0 Å². The van der Waals surface area contributed by atoms with E-state index in [-0.39, 0.29) is 25.5 Å². The Labute approximate surface area is 257 Å². The third-order valence-corrected chi connectivity index (χ3v) is 11.7. The van der Waals surface area contributed by atoms with Crippen molar-refractivity contribution in [3.8, 4) is 0 Å². The Morgan fingerprint density at radius 1 is 1.09 bits per heavy atom. The van der Waals surface area contributed by atoms with E-state index in [1.165, 1.54) is 0 Å². The molecule has 1 spiro atoms. The van der Waals surface area contributed by atoms with Gasteiger partial charge in [0.25, 0.3) is 11.8 Å². The summed E-state index contributed by atoms with van der Waals surface area (Å²) in [6.45, 7) is 5.04. The van der Waals surface area contributed by atoms with E-state index in [2.05, 4.69) is 21.2 Å². The fourth-order valence-electron chi connectivity index (χ4n) is 6.74. The first-order chi connectivity index (χ1) is 20.2. The fraction of sp³-hybridized carbons (Fsp3) is 0.517. The lowest BCUT2D eigenvalue weighted by Gasteiger charge is -2.37. The lowest BCUT2D eigenvalue weighted by Crippen LogP contribution is -2.60. The monoisotopic (exact) mass is 682 g/mol. The van der Waals surface area contributed by atoms with Gasteiger partial charge in [0.15, 0.2) is 18.0 Å². The van der Waals surface area contributed by atoms with Crippen molar-refractivity contribution < 1.29 is 48.7 Å². The van der Waals surface area contributed by atoms with Crippen LogP contribution in [0.5, 0.6) is 0 Å². The van der Waals surface area contributed by atoms with E-state index < -0.39 is 68.2 Å². The molecule has 0 unspecified atom stereocenters. The summed E-state index contributed by atoms with van der Waals surface area (Å²) in [5.41, 5.74) is 0.419. The van der Waals surface area contributed by atoms with Gasteiger partial charge in [-0.3, -0.25) is 9.59 Å². The van der Waals surface area contributed by atoms with Crippen LogP contribution >= 0.6 is 15.9 Å². The maximum Gasteiger partial charge on any atom is 0.264 e.